The molecule has 4 nitrogen and oxygen atoms in total. The summed E-state index contributed by atoms with van der Waals surface area (Å²) in [5.74, 6) is -0.155. The molecule has 0 aliphatic rings. The first-order valence-corrected chi connectivity index (χ1v) is 6.69. The smallest absolute Gasteiger partial charge is 0.257 e. The number of hydrogen-bond donors (Lipinski definition) is 2. The molecule has 0 aliphatic carbocycles. The first-order valence-electron chi connectivity index (χ1n) is 5.15. The van der Waals surface area contributed by atoms with Gasteiger partial charge in [0, 0.05) is 16.4 Å². The predicted octanol–water partition coefficient (Wildman–Crippen LogP) is 3.99. The van der Waals surface area contributed by atoms with Gasteiger partial charge in [0.15, 0.2) is 0 Å². The van der Waals surface area contributed by atoms with Crippen LogP contribution < -0.4 is 11.1 Å². The molecule has 7 heteroatoms. The minimum atomic E-state index is -0.340. The Balaban J connectivity index is 2.20. The molecule has 0 spiro atoms. The molecule has 2 rings (SSSR count). The summed E-state index contributed by atoms with van der Waals surface area (Å²) in [4.78, 5) is 15.8. The second kappa shape index (κ2) is 5.77. The highest BCUT2D eigenvalue weighted by molar-refractivity contribution is 9.10. The standard InChI is InChI=1S/C12H8BrCl2N3O/c13-8-2-1-7(4-9(8)14)18-12(19)6-3-10(15)11(16)17-5-6/h1-5H,(H2,16,17)(H,18,19). The lowest BCUT2D eigenvalue weighted by molar-refractivity contribution is 0.102. The van der Waals surface area contributed by atoms with Crippen LogP contribution in [0, 0.1) is 0 Å². The molecule has 1 aromatic heterocycles. The zero-order valence-electron chi connectivity index (χ0n) is 9.45. The lowest BCUT2D eigenvalue weighted by atomic mass is 10.2. The number of anilines is 2. The Hall–Kier alpha value is -1.30. The normalized spacial score (nSPS) is 10.3. The van der Waals surface area contributed by atoms with Gasteiger partial charge in [0.1, 0.15) is 5.82 Å². The van der Waals surface area contributed by atoms with E-state index in [1.54, 1.807) is 18.2 Å². The van der Waals surface area contributed by atoms with Gasteiger partial charge < -0.3 is 11.1 Å². The second-order valence-electron chi connectivity index (χ2n) is 3.67. The molecule has 0 aliphatic heterocycles. The van der Waals surface area contributed by atoms with Crippen LogP contribution in [0.3, 0.4) is 0 Å². The summed E-state index contributed by atoms with van der Waals surface area (Å²) in [6, 6.07) is 6.56. The molecule has 1 heterocycles. The highest BCUT2D eigenvalue weighted by Gasteiger charge is 2.09. The van der Waals surface area contributed by atoms with Crippen molar-refractivity contribution in [1.29, 1.82) is 0 Å². The van der Waals surface area contributed by atoms with Crippen LogP contribution in [0.1, 0.15) is 10.4 Å². The number of nitrogen functional groups attached to an aromatic ring is 1. The molecule has 0 atom stereocenters. The van der Waals surface area contributed by atoms with Crippen LogP contribution in [-0.2, 0) is 0 Å². The molecular weight excluding hydrogens is 353 g/mol. The lowest BCUT2D eigenvalue weighted by Crippen LogP contribution is -2.12. The van der Waals surface area contributed by atoms with E-state index in [0.717, 1.165) is 4.47 Å². The van der Waals surface area contributed by atoms with E-state index >= 15 is 0 Å². The Morgan fingerprint density at radius 3 is 2.63 bits per heavy atom. The van der Waals surface area contributed by atoms with E-state index in [1.807, 2.05) is 0 Å². The highest BCUT2D eigenvalue weighted by atomic mass is 79.9. The zero-order chi connectivity index (χ0) is 14.0. The summed E-state index contributed by atoms with van der Waals surface area (Å²) in [5.41, 5.74) is 6.37. The Bertz CT molecular complexity index is 649. The number of halogens is 3. The Labute approximate surface area is 128 Å². The van der Waals surface area contributed by atoms with E-state index in [9.17, 15) is 4.79 Å². The fraction of sp³-hybridized carbons (Fsp3) is 0. The van der Waals surface area contributed by atoms with Crippen LogP contribution in [0.25, 0.3) is 0 Å². The Morgan fingerprint density at radius 1 is 1.26 bits per heavy atom. The number of amides is 1. The molecule has 0 saturated carbocycles. The molecule has 0 bridgehead atoms. The largest absolute Gasteiger partial charge is 0.382 e. The Morgan fingerprint density at radius 2 is 2.00 bits per heavy atom. The molecule has 2 aromatic rings. The number of carbonyl (C=O) groups is 1. The van der Waals surface area contributed by atoms with Crippen molar-refractivity contribution in [3.8, 4) is 0 Å². The molecule has 0 unspecified atom stereocenters. The highest BCUT2D eigenvalue weighted by Crippen LogP contribution is 2.26. The van der Waals surface area contributed by atoms with Gasteiger partial charge >= 0.3 is 0 Å². The van der Waals surface area contributed by atoms with Gasteiger partial charge in [-0.05, 0) is 40.2 Å². The zero-order valence-corrected chi connectivity index (χ0v) is 12.6. The number of benzene rings is 1. The molecule has 1 amide bonds. The quantitative estimate of drug-likeness (QED) is 0.850. The van der Waals surface area contributed by atoms with Crippen molar-refractivity contribution >= 4 is 56.5 Å². The van der Waals surface area contributed by atoms with Crippen molar-refractivity contribution < 1.29 is 4.79 Å². The molecule has 0 fully saturated rings. The predicted molar refractivity (Wildman–Crippen MR) is 80.8 cm³/mol. The van der Waals surface area contributed by atoms with E-state index in [2.05, 4.69) is 26.2 Å². The molecule has 98 valence electrons. The summed E-state index contributed by atoms with van der Waals surface area (Å²) < 4.78 is 0.754. The van der Waals surface area contributed by atoms with Crippen molar-refractivity contribution in [2.45, 2.75) is 0 Å². The number of rotatable bonds is 2. The van der Waals surface area contributed by atoms with Gasteiger partial charge in [-0.25, -0.2) is 4.98 Å². The Kier molecular flexibility index (Phi) is 4.29. The van der Waals surface area contributed by atoms with E-state index in [-0.39, 0.29) is 16.7 Å². The lowest BCUT2D eigenvalue weighted by Gasteiger charge is -2.07. The van der Waals surface area contributed by atoms with Gasteiger partial charge in [-0.1, -0.05) is 23.2 Å². The van der Waals surface area contributed by atoms with E-state index in [1.165, 1.54) is 12.3 Å². The van der Waals surface area contributed by atoms with Gasteiger partial charge in [-0.2, -0.15) is 0 Å². The number of nitrogens with one attached hydrogen (secondary N) is 1. The third kappa shape index (κ3) is 3.37. The summed E-state index contributed by atoms with van der Waals surface area (Å²) in [5, 5.41) is 3.43. The number of carbonyl (C=O) groups excluding carboxylic acids is 1. The summed E-state index contributed by atoms with van der Waals surface area (Å²) in [7, 11) is 0. The molecular formula is C12H8BrCl2N3O. The van der Waals surface area contributed by atoms with E-state index in [0.29, 0.717) is 16.3 Å². The fourth-order valence-electron chi connectivity index (χ4n) is 1.35. The SMILES string of the molecule is Nc1ncc(C(=O)Nc2ccc(Br)c(Cl)c2)cc1Cl. The minimum absolute atomic E-state index is 0.185. The molecule has 0 radical (unpaired) electrons. The average molecular weight is 361 g/mol. The van der Waals surface area contributed by atoms with E-state index < -0.39 is 0 Å². The average Bonchev–Trinajstić information content (AvgIpc) is 2.37. The maximum absolute atomic E-state index is 12.0. The first kappa shape index (κ1) is 14.1. The van der Waals surface area contributed by atoms with Gasteiger partial charge in [-0.3, -0.25) is 4.79 Å². The van der Waals surface area contributed by atoms with Crippen LogP contribution >= 0.6 is 39.1 Å². The van der Waals surface area contributed by atoms with Crippen molar-refractivity contribution in [2.24, 2.45) is 0 Å². The van der Waals surface area contributed by atoms with Crippen LogP contribution in [0.4, 0.5) is 11.5 Å². The summed E-state index contributed by atoms with van der Waals surface area (Å²) in [6.07, 6.45) is 1.36. The molecule has 1 aromatic carbocycles. The minimum Gasteiger partial charge on any atom is -0.382 e. The molecule has 3 N–H and O–H groups in total. The van der Waals surface area contributed by atoms with Gasteiger partial charge in [0.2, 0.25) is 0 Å². The van der Waals surface area contributed by atoms with Crippen molar-refractivity contribution in [3.05, 3.63) is 50.5 Å². The third-order valence-electron chi connectivity index (χ3n) is 2.31. The molecule has 0 saturated heterocycles. The monoisotopic (exact) mass is 359 g/mol. The van der Waals surface area contributed by atoms with E-state index in [4.69, 9.17) is 28.9 Å². The number of pyridine rings is 1. The van der Waals surface area contributed by atoms with Crippen LogP contribution in [0.5, 0.6) is 0 Å². The van der Waals surface area contributed by atoms with Crippen molar-refractivity contribution in [1.82, 2.24) is 4.98 Å². The van der Waals surface area contributed by atoms with Gasteiger partial charge in [0.25, 0.3) is 5.91 Å². The molecule has 19 heavy (non-hydrogen) atoms. The third-order valence-corrected chi connectivity index (χ3v) is 3.84. The fourth-order valence-corrected chi connectivity index (χ4v) is 1.94. The summed E-state index contributed by atoms with van der Waals surface area (Å²) >= 11 is 15.0. The second-order valence-corrected chi connectivity index (χ2v) is 5.34. The van der Waals surface area contributed by atoms with Gasteiger partial charge in [-0.15, -0.1) is 0 Å². The van der Waals surface area contributed by atoms with Crippen molar-refractivity contribution in [3.63, 3.8) is 0 Å². The topological polar surface area (TPSA) is 68.0 Å². The number of aromatic nitrogens is 1. The van der Waals surface area contributed by atoms with Crippen LogP contribution in [0.2, 0.25) is 10.0 Å². The van der Waals surface area contributed by atoms with Gasteiger partial charge in [0.05, 0.1) is 15.6 Å². The number of hydrogen-bond acceptors (Lipinski definition) is 3. The maximum Gasteiger partial charge on any atom is 0.257 e. The number of nitrogens with zero attached hydrogens (tertiary/aromatic N) is 1. The summed E-state index contributed by atoms with van der Waals surface area (Å²) in [6.45, 7) is 0. The maximum atomic E-state index is 12.0. The first-order chi connectivity index (χ1) is 8.97. The van der Waals surface area contributed by atoms with Crippen molar-refractivity contribution in [2.75, 3.05) is 11.1 Å². The number of nitrogens with two attached hydrogens (primary N) is 1. The van der Waals surface area contributed by atoms with Crippen LogP contribution in [-0.4, -0.2) is 10.9 Å². The van der Waals surface area contributed by atoms with Crippen LogP contribution in [0.15, 0.2) is 34.9 Å².